The van der Waals surface area contributed by atoms with Gasteiger partial charge in [0.25, 0.3) is 0 Å². The Balaban J connectivity index is 1.30. The quantitative estimate of drug-likeness (QED) is 0.131. The van der Waals surface area contributed by atoms with E-state index >= 15 is 0 Å². The molecule has 0 aliphatic carbocycles. The first-order valence-electron chi connectivity index (χ1n) is 18.6. The molecule has 4 aromatic rings. The van der Waals surface area contributed by atoms with Gasteiger partial charge < -0.3 is 18.8 Å². The third kappa shape index (κ3) is 9.72. The molecule has 1 aromatic heterocycles. The number of hydrogen-bond acceptors (Lipinski definition) is 6. The summed E-state index contributed by atoms with van der Waals surface area (Å²) in [5, 5.41) is 0. The number of rotatable bonds is 14. The topological polar surface area (TPSA) is 52.0 Å². The molecule has 0 atom stereocenters. The van der Waals surface area contributed by atoms with Gasteiger partial charge in [-0.15, -0.1) is 0 Å². The zero-order valence-corrected chi connectivity index (χ0v) is 29.4. The minimum absolute atomic E-state index is 0.124. The van der Waals surface area contributed by atoms with Crippen molar-refractivity contribution in [2.24, 2.45) is 0 Å². The van der Waals surface area contributed by atoms with Crippen molar-refractivity contribution in [3.8, 4) is 34.4 Å². The predicted octanol–water partition coefficient (Wildman–Crippen LogP) is 9.82. The second kappa shape index (κ2) is 17.4. The van der Waals surface area contributed by atoms with E-state index in [1.807, 2.05) is 24.3 Å². The third-order valence-electron chi connectivity index (χ3n) is 9.76. The molecule has 10 heteroatoms. The van der Waals surface area contributed by atoms with Crippen LogP contribution in [0.15, 0.2) is 60.7 Å². The van der Waals surface area contributed by atoms with Gasteiger partial charge in [-0.3, -0.25) is 9.80 Å². The van der Waals surface area contributed by atoms with Crippen molar-refractivity contribution >= 4 is 11.0 Å². The number of nitrogens with zero attached hydrogens (tertiary/aromatic N) is 4. The van der Waals surface area contributed by atoms with Crippen LogP contribution in [0.4, 0.5) is 13.2 Å². The number of benzene rings is 3. The van der Waals surface area contributed by atoms with Crippen molar-refractivity contribution < 1.29 is 27.4 Å². The van der Waals surface area contributed by atoms with Gasteiger partial charge in [-0.05, 0) is 88.6 Å². The van der Waals surface area contributed by atoms with Crippen molar-refractivity contribution in [1.29, 1.82) is 0 Å². The first-order valence-corrected chi connectivity index (χ1v) is 18.6. The molecule has 7 nitrogen and oxygen atoms in total. The molecule has 0 N–H and O–H groups in total. The summed E-state index contributed by atoms with van der Waals surface area (Å²) in [4.78, 5) is 10.2. The summed E-state index contributed by atoms with van der Waals surface area (Å²) in [6, 6.07) is 16.4. The molecule has 2 aliphatic heterocycles. The van der Waals surface area contributed by atoms with E-state index in [0.717, 1.165) is 99.0 Å². The summed E-state index contributed by atoms with van der Waals surface area (Å²) < 4.78 is 61.2. The molecule has 0 unspecified atom stereocenters. The average Bonchev–Trinajstić information content (AvgIpc) is 3.29. The molecular weight excluding hydrogens is 641 g/mol. The Bertz CT molecular complexity index is 1660. The highest BCUT2D eigenvalue weighted by Gasteiger charge is 2.30. The fourth-order valence-electron chi connectivity index (χ4n) is 6.99. The van der Waals surface area contributed by atoms with E-state index in [-0.39, 0.29) is 5.75 Å². The van der Waals surface area contributed by atoms with Gasteiger partial charge in [0.15, 0.2) is 5.75 Å². The van der Waals surface area contributed by atoms with Gasteiger partial charge in [0.2, 0.25) is 0 Å². The molecule has 0 saturated carbocycles. The maximum absolute atomic E-state index is 13.4. The van der Waals surface area contributed by atoms with Gasteiger partial charge in [-0.2, -0.15) is 13.2 Å². The summed E-state index contributed by atoms with van der Waals surface area (Å²) in [6.07, 6.45) is 7.63. The van der Waals surface area contributed by atoms with Gasteiger partial charge >= 0.3 is 6.18 Å². The van der Waals surface area contributed by atoms with Crippen LogP contribution in [0, 0.1) is 0 Å². The standard InChI is InChI=1S/C40H51F3N4O3/c1-2-3-22-47-36-29-35(48-25-23-45-18-8-4-5-9-19-45)30-37(49-26-24-46-20-10-6-7-11-21-46)38(36)44-39(47)31-14-12-16-33(27-31)50-34-17-13-15-32(28-34)40(41,42)43/h12-17,27-30H,2-11,18-26H2,1H3. The highest BCUT2D eigenvalue weighted by Crippen LogP contribution is 2.37. The SMILES string of the molecule is CCCCn1c(-c2cccc(Oc3cccc(C(F)(F)F)c3)c2)nc2c(OCCN3CCCCCC3)cc(OCCN3CCCCCC3)cc21. The Kier molecular flexibility index (Phi) is 12.6. The lowest BCUT2D eigenvalue weighted by atomic mass is 10.2. The van der Waals surface area contributed by atoms with E-state index in [4.69, 9.17) is 19.2 Å². The second-order valence-electron chi connectivity index (χ2n) is 13.6. The first-order chi connectivity index (χ1) is 24.4. The van der Waals surface area contributed by atoms with Crippen LogP contribution in [0.3, 0.4) is 0 Å². The molecule has 0 bridgehead atoms. The van der Waals surface area contributed by atoms with E-state index in [0.29, 0.717) is 24.7 Å². The van der Waals surface area contributed by atoms with Crippen LogP contribution in [0.25, 0.3) is 22.4 Å². The highest BCUT2D eigenvalue weighted by molar-refractivity contribution is 5.87. The monoisotopic (exact) mass is 692 g/mol. The van der Waals surface area contributed by atoms with Crippen LogP contribution in [0.5, 0.6) is 23.0 Å². The summed E-state index contributed by atoms with van der Waals surface area (Å²) in [5.41, 5.74) is 1.77. The highest BCUT2D eigenvalue weighted by atomic mass is 19.4. The lowest BCUT2D eigenvalue weighted by Gasteiger charge is -2.21. The number of ether oxygens (including phenoxy) is 3. The number of halogens is 3. The van der Waals surface area contributed by atoms with Crippen LogP contribution in [-0.4, -0.2) is 71.8 Å². The van der Waals surface area contributed by atoms with Gasteiger partial charge in [-0.1, -0.05) is 57.2 Å². The van der Waals surface area contributed by atoms with E-state index < -0.39 is 11.7 Å². The Morgan fingerprint density at radius 3 is 1.94 bits per heavy atom. The maximum atomic E-state index is 13.4. The summed E-state index contributed by atoms with van der Waals surface area (Å²) in [6.45, 7) is 10.3. The van der Waals surface area contributed by atoms with E-state index in [9.17, 15) is 13.2 Å². The Morgan fingerprint density at radius 2 is 1.30 bits per heavy atom. The van der Waals surface area contributed by atoms with Crippen LogP contribution in [0.2, 0.25) is 0 Å². The molecule has 50 heavy (non-hydrogen) atoms. The number of unbranched alkanes of at least 4 members (excludes halogenated alkanes) is 1. The maximum Gasteiger partial charge on any atom is 0.416 e. The minimum Gasteiger partial charge on any atom is -0.492 e. The van der Waals surface area contributed by atoms with Crippen molar-refractivity contribution in [2.45, 2.75) is 83.9 Å². The van der Waals surface area contributed by atoms with Gasteiger partial charge in [0.1, 0.15) is 41.8 Å². The van der Waals surface area contributed by atoms with E-state index in [2.05, 4.69) is 27.4 Å². The predicted molar refractivity (Wildman–Crippen MR) is 192 cm³/mol. The molecular formula is C40H51F3N4O3. The van der Waals surface area contributed by atoms with Crippen molar-refractivity contribution in [2.75, 3.05) is 52.5 Å². The molecule has 270 valence electrons. The number of aryl methyl sites for hydroxylation is 1. The lowest BCUT2D eigenvalue weighted by Crippen LogP contribution is -2.29. The zero-order chi connectivity index (χ0) is 34.8. The Labute approximate surface area is 294 Å². The number of alkyl halides is 3. The Hall–Kier alpha value is -3.76. The fraction of sp³-hybridized carbons (Fsp3) is 0.525. The number of aromatic nitrogens is 2. The molecule has 0 spiro atoms. The molecule has 3 aromatic carbocycles. The van der Waals surface area contributed by atoms with E-state index in [1.165, 1.54) is 63.5 Å². The largest absolute Gasteiger partial charge is 0.492 e. The van der Waals surface area contributed by atoms with Gasteiger partial charge in [0, 0.05) is 37.3 Å². The minimum atomic E-state index is -4.45. The molecule has 2 aliphatic rings. The molecule has 2 saturated heterocycles. The normalized spacial score (nSPS) is 16.6. The van der Waals surface area contributed by atoms with Gasteiger partial charge in [-0.25, -0.2) is 4.98 Å². The zero-order valence-electron chi connectivity index (χ0n) is 29.4. The summed E-state index contributed by atoms with van der Waals surface area (Å²) in [7, 11) is 0. The average molecular weight is 693 g/mol. The van der Waals surface area contributed by atoms with Gasteiger partial charge in [0.05, 0.1) is 11.1 Å². The van der Waals surface area contributed by atoms with Crippen molar-refractivity contribution in [1.82, 2.24) is 19.4 Å². The summed E-state index contributed by atoms with van der Waals surface area (Å²) in [5.74, 6) is 2.78. The third-order valence-corrected chi connectivity index (χ3v) is 9.76. The second-order valence-corrected chi connectivity index (χ2v) is 13.6. The summed E-state index contributed by atoms with van der Waals surface area (Å²) >= 11 is 0. The molecule has 6 rings (SSSR count). The Morgan fingerprint density at radius 1 is 0.680 bits per heavy atom. The van der Waals surface area contributed by atoms with Crippen molar-refractivity contribution in [3.63, 3.8) is 0 Å². The van der Waals surface area contributed by atoms with Crippen molar-refractivity contribution in [3.05, 3.63) is 66.2 Å². The smallest absolute Gasteiger partial charge is 0.416 e. The van der Waals surface area contributed by atoms with Crippen LogP contribution in [0.1, 0.15) is 76.7 Å². The van der Waals surface area contributed by atoms with Crippen LogP contribution < -0.4 is 14.2 Å². The molecule has 3 heterocycles. The van der Waals surface area contributed by atoms with Crippen LogP contribution >= 0.6 is 0 Å². The molecule has 0 amide bonds. The molecule has 0 radical (unpaired) electrons. The number of imidazole rings is 1. The fourth-order valence-corrected chi connectivity index (χ4v) is 6.99. The first kappa shape index (κ1) is 36.0. The lowest BCUT2D eigenvalue weighted by molar-refractivity contribution is -0.137. The van der Waals surface area contributed by atoms with E-state index in [1.54, 1.807) is 6.07 Å². The number of likely N-dealkylation sites (tertiary alicyclic amines) is 2. The number of fused-ring (bicyclic) bond motifs is 1. The molecule has 2 fully saturated rings. The van der Waals surface area contributed by atoms with Crippen LogP contribution in [-0.2, 0) is 12.7 Å². The number of hydrogen-bond donors (Lipinski definition) is 0.